The molecular formula is C5H10O2S2. The lowest BCUT2D eigenvalue weighted by Crippen LogP contribution is -2.27. The van der Waals surface area contributed by atoms with Crippen molar-refractivity contribution in [1.82, 2.24) is 0 Å². The van der Waals surface area contributed by atoms with E-state index in [-0.39, 0.29) is 5.25 Å². The molecule has 1 saturated heterocycles. The van der Waals surface area contributed by atoms with Crippen LogP contribution in [0, 0.1) is 0 Å². The minimum atomic E-state index is -1.12. The predicted molar refractivity (Wildman–Crippen MR) is 41.8 cm³/mol. The lowest BCUT2D eigenvalue weighted by atomic mass is 10.5. The summed E-state index contributed by atoms with van der Waals surface area (Å²) in [7, 11) is 0. The number of aliphatic hydroxyl groups excluding tert-OH is 1. The number of aliphatic hydroxyl groups is 2. The SMILES string of the molecule is OC(O)C1CSCCS1. The topological polar surface area (TPSA) is 40.5 Å². The third kappa shape index (κ3) is 2.37. The second kappa shape index (κ2) is 3.71. The van der Waals surface area contributed by atoms with Crippen LogP contribution in [-0.4, -0.2) is 39.0 Å². The zero-order valence-electron chi connectivity index (χ0n) is 4.99. The van der Waals surface area contributed by atoms with Gasteiger partial charge in [0.2, 0.25) is 0 Å². The summed E-state index contributed by atoms with van der Waals surface area (Å²) in [5.74, 6) is 3.07. The number of rotatable bonds is 1. The van der Waals surface area contributed by atoms with Crippen LogP contribution in [0.1, 0.15) is 0 Å². The van der Waals surface area contributed by atoms with Crippen LogP contribution >= 0.6 is 23.5 Å². The van der Waals surface area contributed by atoms with Crippen molar-refractivity contribution in [3.63, 3.8) is 0 Å². The molecule has 0 radical (unpaired) electrons. The van der Waals surface area contributed by atoms with Gasteiger partial charge < -0.3 is 10.2 Å². The van der Waals surface area contributed by atoms with Crippen LogP contribution in [0.15, 0.2) is 0 Å². The standard InChI is InChI=1S/C5H10O2S2/c6-5(7)4-3-8-1-2-9-4/h4-7H,1-3H2. The van der Waals surface area contributed by atoms with E-state index in [9.17, 15) is 0 Å². The Kier molecular flexibility index (Phi) is 3.18. The van der Waals surface area contributed by atoms with E-state index in [1.807, 2.05) is 0 Å². The molecule has 0 aliphatic carbocycles. The predicted octanol–water partition coefficient (Wildman–Crippen LogP) is 0.146. The van der Waals surface area contributed by atoms with Gasteiger partial charge in [-0.2, -0.15) is 23.5 Å². The van der Waals surface area contributed by atoms with Crippen LogP contribution in [0.2, 0.25) is 0 Å². The van der Waals surface area contributed by atoms with Crippen molar-refractivity contribution in [2.24, 2.45) is 0 Å². The molecule has 4 heteroatoms. The molecular weight excluding hydrogens is 156 g/mol. The van der Waals surface area contributed by atoms with Crippen molar-refractivity contribution < 1.29 is 10.2 Å². The monoisotopic (exact) mass is 166 g/mol. The molecule has 0 bridgehead atoms. The molecule has 1 fully saturated rings. The Hall–Kier alpha value is 0.620. The molecule has 54 valence electrons. The Balaban J connectivity index is 2.23. The summed E-state index contributed by atoms with van der Waals surface area (Å²) in [6.07, 6.45) is -1.12. The van der Waals surface area contributed by atoms with Gasteiger partial charge in [0, 0.05) is 17.3 Å². The lowest BCUT2D eigenvalue weighted by molar-refractivity contribution is -0.0359. The van der Waals surface area contributed by atoms with E-state index in [4.69, 9.17) is 10.2 Å². The molecule has 2 nitrogen and oxygen atoms in total. The summed E-state index contributed by atoms with van der Waals surface area (Å²) in [5, 5.41) is 17.4. The summed E-state index contributed by atoms with van der Waals surface area (Å²) < 4.78 is 0. The van der Waals surface area contributed by atoms with Crippen molar-refractivity contribution in [3.8, 4) is 0 Å². The molecule has 1 aliphatic rings. The van der Waals surface area contributed by atoms with E-state index in [0.29, 0.717) is 0 Å². The summed E-state index contributed by atoms with van der Waals surface area (Å²) in [6.45, 7) is 0. The Bertz CT molecular complexity index is 81.0. The van der Waals surface area contributed by atoms with Crippen molar-refractivity contribution in [3.05, 3.63) is 0 Å². The Morgan fingerprint density at radius 3 is 2.44 bits per heavy atom. The Morgan fingerprint density at radius 2 is 2.11 bits per heavy atom. The van der Waals surface area contributed by atoms with Crippen molar-refractivity contribution >= 4 is 23.5 Å². The summed E-state index contributed by atoms with van der Waals surface area (Å²) in [6, 6.07) is 0. The maximum atomic E-state index is 8.70. The molecule has 0 saturated carbocycles. The summed E-state index contributed by atoms with van der Waals surface area (Å²) in [4.78, 5) is 0. The molecule has 9 heavy (non-hydrogen) atoms. The smallest absolute Gasteiger partial charge is 0.164 e. The zero-order chi connectivity index (χ0) is 6.69. The van der Waals surface area contributed by atoms with Crippen LogP contribution in [0.4, 0.5) is 0 Å². The second-order valence-electron chi connectivity index (χ2n) is 1.90. The molecule has 0 amide bonds. The maximum Gasteiger partial charge on any atom is 0.164 e. The van der Waals surface area contributed by atoms with Gasteiger partial charge in [0.1, 0.15) is 0 Å². The van der Waals surface area contributed by atoms with Gasteiger partial charge in [-0.15, -0.1) is 0 Å². The molecule has 1 aliphatic heterocycles. The van der Waals surface area contributed by atoms with Crippen LogP contribution < -0.4 is 0 Å². The highest BCUT2D eigenvalue weighted by Gasteiger charge is 2.19. The second-order valence-corrected chi connectivity index (χ2v) is 4.39. The average Bonchev–Trinajstić information content (AvgIpc) is 1.90. The first-order valence-electron chi connectivity index (χ1n) is 2.86. The molecule has 1 rings (SSSR count). The third-order valence-corrected chi connectivity index (χ3v) is 4.01. The van der Waals surface area contributed by atoms with Gasteiger partial charge in [0.15, 0.2) is 6.29 Å². The van der Waals surface area contributed by atoms with E-state index in [1.54, 1.807) is 23.5 Å². The van der Waals surface area contributed by atoms with Crippen LogP contribution in [0.5, 0.6) is 0 Å². The van der Waals surface area contributed by atoms with Gasteiger partial charge in [0.05, 0.1) is 5.25 Å². The fourth-order valence-corrected chi connectivity index (χ4v) is 3.25. The molecule has 0 spiro atoms. The molecule has 1 atom stereocenters. The number of hydrogen-bond acceptors (Lipinski definition) is 4. The Morgan fingerprint density at radius 1 is 1.33 bits per heavy atom. The molecule has 1 unspecified atom stereocenters. The fourth-order valence-electron chi connectivity index (χ4n) is 0.678. The lowest BCUT2D eigenvalue weighted by Gasteiger charge is -2.21. The first kappa shape index (κ1) is 7.72. The average molecular weight is 166 g/mol. The Labute approximate surface area is 63.0 Å². The highest BCUT2D eigenvalue weighted by Crippen LogP contribution is 2.25. The fraction of sp³-hybridized carbons (Fsp3) is 1.00. The molecule has 1 heterocycles. The third-order valence-electron chi connectivity index (χ3n) is 1.17. The summed E-state index contributed by atoms with van der Waals surface area (Å²) >= 11 is 3.44. The first-order valence-corrected chi connectivity index (χ1v) is 5.06. The normalized spacial score (nSPS) is 29.0. The highest BCUT2D eigenvalue weighted by atomic mass is 32.2. The van der Waals surface area contributed by atoms with E-state index >= 15 is 0 Å². The number of thioether (sulfide) groups is 2. The maximum absolute atomic E-state index is 8.70. The molecule has 0 aromatic rings. The van der Waals surface area contributed by atoms with Crippen LogP contribution in [0.25, 0.3) is 0 Å². The van der Waals surface area contributed by atoms with Gasteiger partial charge in [-0.05, 0) is 0 Å². The van der Waals surface area contributed by atoms with E-state index in [0.717, 1.165) is 17.3 Å². The van der Waals surface area contributed by atoms with Crippen molar-refractivity contribution in [2.45, 2.75) is 11.5 Å². The minimum absolute atomic E-state index is 0.0451. The van der Waals surface area contributed by atoms with Gasteiger partial charge in [-0.3, -0.25) is 0 Å². The van der Waals surface area contributed by atoms with Gasteiger partial charge in [-0.1, -0.05) is 0 Å². The van der Waals surface area contributed by atoms with E-state index < -0.39 is 6.29 Å². The summed E-state index contributed by atoms with van der Waals surface area (Å²) in [5.41, 5.74) is 0. The van der Waals surface area contributed by atoms with Crippen LogP contribution in [-0.2, 0) is 0 Å². The molecule has 2 N–H and O–H groups in total. The number of hydrogen-bond donors (Lipinski definition) is 2. The zero-order valence-corrected chi connectivity index (χ0v) is 6.62. The first-order chi connectivity index (χ1) is 4.30. The molecule has 0 aromatic heterocycles. The highest BCUT2D eigenvalue weighted by molar-refractivity contribution is 8.06. The van der Waals surface area contributed by atoms with Crippen molar-refractivity contribution in [2.75, 3.05) is 17.3 Å². The van der Waals surface area contributed by atoms with E-state index in [2.05, 4.69) is 0 Å². The minimum Gasteiger partial charge on any atom is -0.367 e. The van der Waals surface area contributed by atoms with Crippen molar-refractivity contribution in [1.29, 1.82) is 0 Å². The van der Waals surface area contributed by atoms with Gasteiger partial charge in [0.25, 0.3) is 0 Å². The van der Waals surface area contributed by atoms with Gasteiger partial charge >= 0.3 is 0 Å². The molecule has 0 aromatic carbocycles. The van der Waals surface area contributed by atoms with Crippen LogP contribution in [0.3, 0.4) is 0 Å². The largest absolute Gasteiger partial charge is 0.367 e. The quantitative estimate of drug-likeness (QED) is 0.544. The van der Waals surface area contributed by atoms with Gasteiger partial charge in [-0.25, -0.2) is 0 Å². The van der Waals surface area contributed by atoms with E-state index in [1.165, 1.54) is 0 Å².